The van der Waals surface area contributed by atoms with E-state index in [1.54, 1.807) is 19.2 Å². The topological polar surface area (TPSA) is 76.5 Å². The van der Waals surface area contributed by atoms with Crippen LogP contribution in [0.4, 0.5) is 5.69 Å². The average molecular weight is 469 g/mol. The summed E-state index contributed by atoms with van der Waals surface area (Å²) in [5.74, 6) is 0.593. The number of methoxy groups -OCH3 is 1. The highest BCUT2D eigenvalue weighted by Gasteiger charge is 2.24. The largest absolute Gasteiger partial charge is 0.497 e. The van der Waals surface area contributed by atoms with Gasteiger partial charge in [-0.05, 0) is 48.7 Å². The zero-order valence-electron chi connectivity index (χ0n) is 19.7. The summed E-state index contributed by atoms with van der Waals surface area (Å²) >= 11 is 0. The van der Waals surface area contributed by atoms with Crippen molar-refractivity contribution >= 4 is 22.4 Å². The maximum Gasteiger partial charge on any atom is 0.274 e. The summed E-state index contributed by atoms with van der Waals surface area (Å²) in [6, 6.07) is 24.9. The molecule has 178 valence electrons. The van der Waals surface area contributed by atoms with Crippen molar-refractivity contribution in [1.29, 1.82) is 0 Å². The predicted molar refractivity (Wildman–Crippen MR) is 137 cm³/mol. The lowest BCUT2D eigenvalue weighted by molar-refractivity contribution is 0.0925. The third-order valence-electron chi connectivity index (χ3n) is 6.53. The maximum atomic E-state index is 13.3. The lowest BCUT2D eigenvalue weighted by atomic mass is 10.0. The van der Waals surface area contributed by atoms with Gasteiger partial charge in [0.05, 0.1) is 19.0 Å². The van der Waals surface area contributed by atoms with Crippen LogP contribution in [0.25, 0.3) is 10.8 Å². The first-order valence-electron chi connectivity index (χ1n) is 11.9. The number of carbonyl (C=O) groups excluding carboxylic acids is 1. The highest BCUT2D eigenvalue weighted by Crippen LogP contribution is 2.23. The van der Waals surface area contributed by atoms with Gasteiger partial charge in [-0.2, -0.15) is 5.10 Å². The first-order valence-corrected chi connectivity index (χ1v) is 11.9. The van der Waals surface area contributed by atoms with Crippen molar-refractivity contribution in [3.8, 4) is 5.75 Å². The zero-order valence-corrected chi connectivity index (χ0v) is 19.7. The fourth-order valence-corrected chi connectivity index (χ4v) is 4.60. The number of rotatable bonds is 6. The Hall–Kier alpha value is -4.13. The highest BCUT2D eigenvalue weighted by molar-refractivity contribution is 6.04. The fourth-order valence-electron chi connectivity index (χ4n) is 4.60. The molecular formula is C28H28N4O3. The molecule has 0 radical (unpaired) electrons. The number of aromatic nitrogens is 2. The SMILES string of the molecule is COc1ccc(N2CCC(NC(=O)c3nn(Cc4ccccc4)c(=O)c4ccccc34)CC2)cc1. The number of nitrogens with one attached hydrogen (secondary N) is 1. The summed E-state index contributed by atoms with van der Waals surface area (Å²) in [4.78, 5) is 28.7. The van der Waals surface area contributed by atoms with E-state index >= 15 is 0 Å². The number of fused-ring (bicyclic) bond motifs is 1. The molecule has 0 spiro atoms. The van der Waals surface area contributed by atoms with Crippen LogP contribution in [0.3, 0.4) is 0 Å². The summed E-state index contributed by atoms with van der Waals surface area (Å²) in [5, 5.41) is 8.75. The quantitative estimate of drug-likeness (QED) is 0.465. The molecule has 1 N–H and O–H groups in total. The van der Waals surface area contributed by atoms with Crippen LogP contribution in [0.15, 0.2) is 83.7 Å². The van der Waals surface area contributed by atoms with E-state index in [2.05, 4.69) is 27.4 Å². The molecule has 0 unspecified atom stereocenters. The van der Waals surface area contributed by atoms with E-state index in [9.17, 15) is 9.59 Å². The van der Waals surface area contributed by atoms with E-state index in [-0.39, 0.29) is 23.2 Å². The number of amides is 1. The van der Waals surface area contributed by atoms with E-state index in [0.29, 0.717) is 17.3 Å². The number of hydrogen-bond acceptors (Lipinski definition) is 5. The van der Waals surface area contributed by atoms with Crippen molar-refractivity contribution in [2.24, 2.45) is 0 Å². The molecule has 1 aliphatic rings. The van der Waals surface area contributed by atoms with Crippen LogP contribution in [-0.2, 0) is 6.54 Å². The number of ether oxygens (including phenoxy) is 1. The van der Waals surface area contributed by atoms with Gasteiger partial charge in [0.1, 0.15) is 5.75 Å². The Bertz CT molecular complexity index is 1380. The van der Waals surface area contributed by atoms with E-state index in [0.717, 1.165) is 42.9 Å². The molecule has 0 aliphatic carbocycles. The van der Waals surface area contributed by atoms with Gasteiger partial charge in [-0.3, -0.25) is 9.59 Å². The molecule has 1 fully saturated rings. The molecule has 35 heavy (non-hydrogen) atoms. The molecule has 1 aromatic heterocycles. The second kappa shape index (κ2) is 10.0. The molecule has 1 saturated heterocycles. The van der Waals surface area contributed by atoms with Crippen molar-refractivity contribution in [3.63, 3.8) is 0 Å². The minimum Gasteiger partial charge on any atom is -0.497 e. The van der Waals surface area contributed by atoms with E-state index in [1.165, 1.54) is 4.68 Å². The van der Waals surface area contributed by atoms with E-state index in [4.69, 9.17) is 4.74 Å². The first kappa shape index (κ1) is 22.7. The van der Waals surface area contributed by atoms with E-state index < -0.39 is 0 Å². The highest BCUT2D eigenvalue weighted by atomic mass is 16.5. The van der Waals surface area contributed by atoms with Crippen molar-refractivity contribution in [3.05, 3.63) is 100 Å². The van der Waals surface area contributed by atoms with Gasteiger partial charge in [-0.1, -0.05) is 48.5 Å². The van der Waals surface area contributed by atoms with Crippen LogP contribution in [0, 0.1) is 0 Å². The Kier molecular flexibility index (Phi) is 6.48. The molecule has 1 aliphatic heterocycles. The predicted octanol–water partition coefficient (Wildman–Crippen LogP) is 3.85. The van der Waals surface area contributed by atoms with Crippen molar-refractivity contribution in [2.75, 3.05) is 25.1 Å². The molecule has 7 heteroatoms. The second-order valence-corrected chi connectivity index (χ2v) is 8.78. The molecule has 2 heterocycles. The van der Waals surface area contributed by atoms with Crippen molar-refractivity contribution in [2.45, 2.75) is 25.4 Å². The molecule has 5 rings (SSSR count). The molecular weight excluding hydrogens is 440 g/mol. The number of piperidine rings is 1. The Labute approximate surface area is 204 Å². The third-order valence-corrected chi connectivity index (χ3v) is 6.53. The van der Waals surface area contributed by atoms with Gasteiger partial charge in [-0.15, -0.1) is 0 Å². The van der Waals surface area contributed by atoms with Crippen LogP contribution >= 0.6 is 0 Å². The maximum absolute atomic E-state index is 13.3. The Balaban J connectivity index is 1.33. The second-order valence-electron chi connectivity index (χ2n) is 8.78. The minimum absolute atomic E-state index is 0.0482. The van der Waals surface area contributed by atoms with Crippen LogP contribution < -0.4 is 20.5 Å². The molecule has 0 bridgehead atoms. The van der Waals surface area contributed by atoms with Gasteiger partial charge in [0, 0.05) is 30.2 Å². The molecule has 1 amide bonds. The minimum atomic E-state index is -0.245. The normalized spacial score (nSPS) is 14.1. The standard InChI is InChI=1S/C28H28N4O3/c1-35-23-13-11-22(12-14-23)31-17-15-21(16-18-31)29-27(33)26-24-9-5-6-10-25(24)28(34)32(30-26)19-20-7-3-2-4-8-20/h2-14,21H,15-19H2,1H3,(H,29,33). The Morgan fingerprint density at radius 1 is 0.943 bits per heavy atom. The summed E-state index contributed by atoms with van der Waals surface area (Å²) in [6.07, 6.45) is 1.67. The molecule has 3 aromatic carbocycles. The van der Waals surface area contributed by atoms with Gasteiger partial charge < -0.3 is 15.0 Å². The fraction of sp³-hybridized carbons (Fsp3) is 0.250. The zero-order chi connectivity index (χ0) is 24.2. The average Bonchev–Trinajstić information content (AvgIpc) is 2.91. The number of hydrogen-bond donors (Lipinski definition) is 1. The van der Waals surface area contributed by atoms with Gasteiger partial charge in [-0.25, -0.2) is 4.68 Å². The van der Waals surface area contributed by atoms with Crippen LogP contribution in [0.5, 0.6) is 5.75 Å². The number of carbonyl (C=O) groups is 1. The van der Waals surface area contributed by atoms with Gasteiger partial charge in [0.2, 0.25) is 0 Å². The van der Waals surface area contributed by atoms with Crippen LogP contribution in [-0.4, -0.2) is 41.9 Å². The Morgan fingerprint density at radius 2 is 1.60 bits per heavy atom. The lowest BCUT2D eigenvalue weighted by Crippen LogP contribution is -2.45. The first-order chi connectivity index (χ1) is 17.1. The van der Waals surface area contributed by atoms with Crippen molar-refractivity contribution in [1.82, 2.24) is 15.1 Å². The monoisotopic (exact) mass is 468 g/mol. The molecule has 0 atom stereocenters. The number of benzene rings is 3. The summed E-state index contributed by atoms with van der Waals surface area (Å²) in [5.41, 5.74) is 2.19. The van der Waals surface area contributed by atoms with Crippen molar-refractivity contribution < 1.29 is 9.53 Å². The van der Waals surface area contributed by atoms with Gasteiger partial charge in [0.15, 0.2) is 5.69 Å². The Morgan fingerprint density at radius 3 is 2.29 bits per heavy atom. The van der Waals surface area contributed by atoms with Gasteiger partial charge in [0.25, 0.3) is 11.5 Å². The molecule has 4 aromatic rings. The summed E-state index contributed by atoms with van der Waals surface area (Å²) < 4.78 is 6.63. The summed E-state index contributed by atoms with van der Waals surface area (Å²) in [6.45, 7) is 2.00. The third kappa shape index (κ3) is 4.89. The molecule has 0 saturated carbocycles. The van der Waals surface area contributed by atoms with Gasteiger partial charge >= 0.3 is 0 Å². The lowest BCUT2D eigenvalue weighted by Gasteiger charge is -2.34. The summed E-state index contributed by atoms with van der Waals surface area (Å²) in [7, 11) is 1.66. The number of anilines is 1. The molecule has 7 nitrogen and oxygen atoms in total. The number of nitrogens with zero attached hydrogens (tertiary/aromatic N) is 3. The van der Waals surface area contributed by atoms with E-state index in [1.807, 2.05) is 54.6 Å². The smallest absolute Gasteiger partial charge is 0.274 e. The van der Waals surface area contributed by atoms with Crippen LogP contribution in [0.2, 0.25) is 0 Å². The van der Waals surface area contributed by atoms with Crippen LogP contribution in [0.1, 0.15) is 28.9 Å².